The molecule has 6 nitrogen and oxygen atoms in total. The van der Waals surface area contributed by atoms with Gasteiger partial charge in [0.1, 0.15) is 11.8 Å². The maximum absolute atomic E-state index is 12.0. The van der Waals surface area contributed by atoms with Crippen LogP contribution in [-0.2, 0) is 9.59 Å². The Bertz CT molecular complexity index is 499. The lowest BCUT2D eigenvalue weighted by atomic mass is 10.0. The van der Waals surface area contributed by atoms with E-state index in [0.717, 1.165) is 25.7 Å². The number of carbonyl (C=O) groups excluding carboxylic acids is 1. The molecule has 0 amide bonds. The summed E-state index contributed by atoms with van der Waals surface area (Å²) in [5.74, 6) is -1.03. The van der Waals surface area contributed by atoms with Crippen LogP contribution in [0.3, 0.4) is 0 Å². The summed E-state index contributed by atoms with van der Waals surface area (Å²) in [6.07, 6.45) is 19.5. The van der Waals surface area contributed by atoms with Crippen LogP contribution >= 0.6 is 0 Å². The number of carboxylic acid groups (broad SMARTS) is 1. The highest BCUT2D eigenvalue weighted by Gasteiger charge is 2.29. The van der Waals surface area contributed by atoms with Crippen molar-refractivity contribution in [1.82, 2.24) is 4.90 Å². The number of unbranched alkanes of at least 4 members (excludes halogenated alkanes) is 14. The van der Waals surface area contributed by atoms with Crippen LogP contribution in [0.5, 0.6) is 0 Å². The van der Waals surface area contributed by atoms with Crippen molar-refractivity contribution < 1.29 is 24.9 Å². The zero-order chi connectivity index (χ0) is 27.0. The van der Waals surface area contributed by atoms with Gasteiger partial charge in [-0.3, -0.25) is 9.69 Å². The third kappa shape index (κ3) is 21.1. The molecule has 6 heteroatoms. The molecule has 3 unspecified atom stereocenters. The lowest BCUT2D eigenvalue weighted by molar-refractivity contribution is -0.145. The topological polar surface area (TPSA) is 98.1 Å². The molecule has 0 aromatic carbocycles. The lowest BCUT2D eigenvalue weighted by Gasteiger charge is -2.32. The number of hydrogen-bond acceptors (Lipinski definition) is 5. The molecule has 0 rings (SSSR count). The highest BCUT2D eigenvalue weighted by molar-refractivity contribution is 5.78. The average molecular weight is 514 g/mol. The second-order valence-electron chi connectivity index (χ2n) is 10.9. The minimum Gasteiger partial charge on any atom is -0.480 e. The van der Waals surface area contributed by atoms with E-state index in [1.807, 2.05) is 0 Å². The van der Waals surface area contributed by atoms with Crippen LogP contribution in [0, 0.1) is 0 Å². The second-order valence-corrected chi connectivity index (χ2v) is 10.9. The molecule has 0 bridgehead atoms. The molecule has 0 heterocycles. The summed E-state index contributed by atoms with van der Waals surface area (Å²) in [5, 5.41) is 31.2. The fourth-order valence-corrected chi connectivity index (χ4v) is 4.88. The molecule has 0 radical (unpaired) electrons. The highest BCUT2D eigenvalue weighted by Crippen LogP contribution is 2.17. The molecule has 0 aromatic heterocycles. The van der Waals surface area contributed by atoms with Gasteiger partial charge in [-0.25, -0.2) is 0 Å². The van der Waals surface area contributed by atoms with Crippen molar-refractivity contribution in [2.24, 2.45) is 0 Å². The van der Waals surface area contributed by atoms with E-state index in [4.69, 9.17) is 0 Å². The number of nitrogens with zero attached hydrogens (tertiary/aromatic N) is 1. The van der Waals surface area contributed by atoms with Gasteiger partial charge in [0.2, 0.25) is 0 Å². The molecule has 0 aliphatic rings. The molecule has 0 aromatic rings. The first-order valence-electron chi connectivity index (χ1n) is 15.1. The van der Waals surface area contributed by atoms with Crippen molar-refractivity contribution in [1.29, 1.82) is 0 Å². The van der Waals surface area contributed by atoms with E-state index in [-0.39, 0.29) is 31.7 Å². The molecule has 214 valence electrons. The number of rotatable bonds is 27. The zero-order valence-electron chi connectivity index (χ0n) is 23.9. The van der Waals surface area contributed by atoms with Crippen LogP contribution in [0.4, 0.5) is 0 Å². The third-order valence-electron chi connectivity index (χ3n) is 7.17. The Morgan fingerprint density at radius 2 is 0.972 bits per heavy atom. The Kier molecular flexibility index (Phi) is 23.7. The van der Waals surface area contributed by atoms with Crippen molar-refractivity contribution in [2.45, 2.75) is 167 Å². The molecule has 3 N–H and O–H groups in total. The normalized spacial score (nSPS) is 14.2. The lowest BCUT2D eigenvalue weighted by Crippen LogP contribution is -2.48. The summed E-state index contributed by atoms with van der Waals surface area (Å²) in [7, 11) is 0. The summed E-state index contributed by atoms with van der Waals surface area (Å²) in [5.41, 5.74) is 0. The number of hydrogen-bond donors (Lipinski definition) is 3. The molecule has 0 aliphatic heterocycles. The standard InChI is InChI=1S/C30H59NO5/c1-4-6-8-10-12-14-16-18-20-27(33)24-31(29(30(35)36)23-22-26(3)32)25-28(34)21-19-17-15-13-11-9-7-5-2/h27-29,33-34H,4-25H2,1-3H3,(H,35,36). The summed E-state index contributed by atoms with van der Waals surface area (Å²) < 4.78 is 0. The van der Waals surface area contributed by atoms with E-state index in [0.29, 0.717) is 12.8 Å². The predicted octanol–water partition coefficient (Wildman–Crippen LogP) is 6.89. The Morgan fingerprint density at radius 1 is 0.611 bits per heavy atom. The van der Waals surface area contributed by atoms with Crippen molar-refractivity contribution in [2.75, 3.05) is 13.1 Å². The predicted molar refractivity (Wildman–Crippen MR) is 149 cm³/mol. The molecule has 3 atom stereocenters. The fraction of sp³-hybridized carbons (Fsp3) is 0.933. The molecule has 0 spiro atoms. The smallest absolute Gasteiger partial charge is 0.320 e. The van der Waals surface area contributed by atoms with E-state index in [9.17, 15) is 24.9 Å². The van der Waals surface area contributed by atoms with Gasteiger partial charge < -0.3 is 20.1 Å². The summed E-state index contributed by atoms with van der Waals surface area (Å²) in [6.45, 7) is 6.35. The fourth-order valence-electron chi connectivity index (χ4n) is 4.88. The SMILES string of the molecule is CCCCCCCCCCC(O)CN(CC(O)CCCCCCCCCC)C(CCC(C)=O)C(=O)O. The number of aliphatic hydroxyl groups excluding tert-OH is 2. The number of carboxylic acids is 1. The van der Waals surface area contributed by atoms with Crippen molar-refractivity contribution in [3.63, 3.8) is 0 Å². The van der Waals surface area contributed by atoms with Crippen LogP contribution in [0.25, 0.3) is 0 Å². The zero-order valence-corrected chi connectivity index (χ0v) is 23.9. The monoisotopic (exact) mass is 513 g/mol. The van der Waals surface area contributed by atoms with Crippen molar-refractivity contribution in [3.05, 3.63) is 0 Å². The highest BCUT2D eigenvalue weighted by atomic mass is 16.4. The number of aliphatic carboxylic acids is 1. The van der Waals surface area contributed by atoms with Crippen LogP contribution < -0.4 is 0 Å². The second kappa shape index (κ2) is 24.4. The van der Waals surface area contributed by atoms with Gasteiger partial charge in [-0.05, 0) is 26.2 Å². The molecular weight excluding hydrogens is 454 g/mol. The quantitative estimate of drug-likeness (QED) is 0.103. The van der Waals surface area contributed by atoms with Gasteiger partial charge in [0, 0.05) is 19.5 Å². The third-order valence-corrected chi connectivity index (χ3v) is 7.17. The largest absolute Gasteiger partial charge is 0.480 e. The van der Waals surface area contributed by atoms with Crippen LogP contribution in [-0.4, -0.2) is 63.3 Å². The van der Waals surface area contributed by atoms with Crippen molar-refractivity contribution >= 4 is 11.8 Å². The first kappa shape index (κ1) is 35.0. The van der Waals surface area contributed by atoms with Gasteiger partial charge in [-0.2, -0.15) is 0 Å². The summed E-state index contributed by atoms with van der Waals surface area (Å²) >= 11 is 0. The number of Topliss-reactive ketones (excluding diaryl/α,β-unsaturated/α-hetero) is 1. The molecule has 0 saturated carbocycles. The van der Waals surface area contributed by atoms with E-state index < -0.39 is 24.2 Å². The maximum Gasteiger partial charge on any atom is 0.320 e. The first-order valence-corrected chi connectivity index (χ1v) is 15.1. The van der Waals surface area contributed by atoms with Gasteiger partial charge in [0.15, 0.2) is 0 Å². The maximum atomic E-state index is 12.0. The van der Waals surface area contributed by atoms with Gasteiger partial charge in [0.25, 0.3) is 0 Å². The molecule has 0 aliphatic carbocycles. The van der Waals surface area contributed by atoms with Gasteiger partial charge >= 0.3 is 5.97 Å². The number of carbonyl (C=O) groups is 2. The van der Waals surface area contributed by atoms with Crippen LogP contribution in [0.1, 0.15) is 149 Å². The molecule has 0 fully saturated rings. The average Bonchev–Trinajstić information content (AvgIpc) is 2.82. The molecule has 36 heavy (non-hydrogen) atoms. The molecule has 0 saturated heterocycles. The van der Waals surface area contributed by atoms with E-state index in [1.165, 1.54) is 84.0 Å². The Labute approximate surface area is 222 Å². The minimum atomic E-state index is -0.991. The Morgan fingerprint density at radius 3 is 1.31 bits per heavy atom. The van der Waals surface area contributed by atoms with Gasteiger partial charge in [0.05, 0.1) is 12.2 Å². The number of ketones is 1. The van der Waals surface area contributed by atoms with E-state index >= 15 is 0 Å². The van der Waals surface area contributed by atoms with Gasteiger partial charge in [-0.1, -0.05) is 117 Å². The van der Waals surface area contributed by atoms with Crippen LogP contribution in [0.2, 0.25) is 0 Å². The number of aliphatic hydroxyl groups is 2. The van der Waals surface area contributed by atoms with Crippen molar-refractivity contribution in [3.8, 4) is 0 Å². The summed E-state index contributed by atoms with van der Waals surface area (Å²) in [6, 6.07) is -0.865. The minimum absolute atomic E-state index is 0.0415. The van der Waals surface area contributed by atoms with Gasteiger partial charge in [-0.15, -0.1) is 0 Å². The van der Waals surface area contributed by atoms with E-state index in [2.05, 4.69) is 13.8 Å². The molecular formula is C30H59NO5. The summed E-state index contributed by atoms with van der Waals surface area (Å²) in [4.78, 5) is 25.2. The Hall–Kier alpha value is -0.980. The van der Waals surface area contributed by atoms with E-state index in [1.54, 1.807) is 4.90 Å². The first-order chi connectivity index (χ1) is 17.3. The van der Waals surface area contributed by atoms with Crippen LogP contribution in [0.15, 0.2) is 0 Å². The Balaban J connectivity index is 4.59.